The van der Waals surface area contributed by atoms with E-state index >= 15 is 0 Å². The van der Waals surface area contributed by atoms with Gasteiger partial charge in [-0.1, -0.05) is 35.3 Å². The smallest absolute Gasteiger partial charge is 0.341 e. The summed E-state index contributed by atoms with van der Waals surface area (Å²) in [6.07, 6.45) is 1.38. The standard InChI is InChI=1S/C26H20Cl2N4O5S/c1-36-22-11-15(10-20(28)24(22)37-13-23(33)34)12-29-32-25(35)17-4-2-16(3-5-17)21-14-38-26(31-21)30-19-8-6-18(27)7-9-19/h2-12,14H,13H2,1H3,(H,30,31)(H,32,35)(H,33,34)/b29-12-. The van der Waals surface area contributed by atoms with E-state index in [9.17, 15) is 9.59 Å². The molecule has 9 nitrogen and oxygen atoms in total. The van der Waals surface area contributed by atoms with Gasteiger partial charge in [-0.05, 0) is 54.1 Å². The minimum atomic E-state index is -1.15. The molecule has 4 aromatic rings. The van der Waals surface area contributed by atoms with E-state index in [0.717, 1.165) is 22.1 Å². The zero-order valence-corrected chi connectivity index (χ0v) is 22.1. The number of carbonyl (C=O) groups excluding carboxylic acids is 1. The Kier molecular flexibility index (Phi) is 8.80. The van der Waals surface area contributed by atoms with E-state index in [-0.39, 0.29) is 16.5 Å². The number of hydrazone groups is 1. The van der Waals surface area contributed by atoms with Crippen molar-refractivity contribution in [3.05, 3.63) is 87.2 Å². The Balaban J connectivity index is 1.37. The van der Waals surface area contributed by atoms with Crippen molar-refractivity contribution in [2.24, 2.45) is 5.10 Å². The monoisotopic (exact) mass is 570 g/mol. The predicted molar refractivity (Wildman–Crippen MR) is 148 cm³/mol. The van der Waals surface area contributed by atoms with E-state index in [1.807, 2.05) is 17.5 Å². The molecule has 1 aromatic heterocycles. The summed E-state index contributed by atoms with van der Waals surface area (Å²) in [5.74, 6) is -1.22. The van der Waals surface area contributed by atoms with Gasteiger partial charge in [0.1, 0.15) is 0 Å². The Labute approximate surface area is 231 Å². The summed E-state index contributed by atoms with van der Waals surface area (Å²) in [6, 6.07) is 17.4. The first-order valence-corrected chi connectivity index (χ1v) is 12.6. The fourth-order valence-corrected chi connectivity index (χ4v) is 4.37. The summed E-state index contributed by atoms with van der Waals surface area (Å²) in [5.41, 5.74) is 5.90. The number of carbonyl (C=O) groups is 2. The average molecular weight is 571 g/mol. The summed E-state index contributed by atoms with van der Waals surface area (Å²) < 4.78 is 10.4. The minimum absolute atomic E-state index is 0.103. The van der Waals surface area contributed by atoms with Gasteiger partial charge in [0.15, 0.2) is 23.2 Å². The summed E-state index contributed by atoms with van der Waals surface area (Å²) in [6.45, 7) is -0.567. The van der Waals surface area contributed by atoms with E-state index < -0.39 is 18.5 Å². The third kappa shape index (κ3) is 7.00. The normalized spacial score (nSPS) is 10.8. The molecule has 0 spiro atoms. The number of rotatable bonds is 10. The van der Waals surface area contributed by atoms with Crippen molar-refractivity contribution < 1.29 is 24.2 Å². The van der Waals surface area contributed by atoms with Crippen LogP contribution in [0.2, 0.25) is 10.0 Å². The van der Waals surface area contributed by atoms with Crippen LogP contribution in [0.5, 0.6) is 11.5 Å². The van der Waals surface area contributed by atoms with Crippen LogP contribution in [0.15, 0.2) is 71.1 Å². The van der Waals surface area contributed by atoms with Crippen LogP contribution in [-0.4, -0.2) is 41.9 Å². The lowest BCUT2D eigenvalue weighted by Crippen LogP contribution is -2.17. The van der Waals surface area contributed by atoms with Gasteiger partial charge in [-0.3, -0.25) is 4.79 Å². The summed E-state index contributed by atoms with van der Waals surface area (Å²) in [7, 11) is 1.40. The molecule has 0 saturated carbocycles. The topological polar surface area (TPSA) is 122 Å². The maximum atomic E-state index is 12.5. The first-order chi connectivity index (χ1) is 18.3. The fraction of sp³-hybridized carbons (Fsp3) is 0.0769. The van der Waals surface area contributed by atoms with Crippen LogP contribution in [0, 0.1) is 0 Å². The van der Waals surface area contributed by atoms with Gasteiger partial charge in [-0.2, -0.15) is 5.10 Å². The second kappa shape index (κ2) is 12.4. The molecule has 0 bridgehead atoms. The molecular weight excluding hydrogens is 551 g/mol. The average Bonchev–Trinajstić information content (AvgIpc) is 3.37. The Morgan fingerprint density at radius 1 is 1.11 bits per heavy atom. The molecule has 0 atom stereocenters. The predicted octanol–water partition coefficient (Wildman–Crippen LogP) is 6.10. The molecule has 1 heterocycles. The molecule has 0 saturated heterocycles. The number of thiazole rings is 1. The van der Waals surface area contributed by atoms with Gasteiger partial charge < -0.3 is 19.9 Å². The van der Waals surface area contributed by atoms with Gasteiger partial charge in [-0.15, -0.1) is 11.3 Å². The molecule has 38 heavy (non-hydrogen) atoms. The zero-order chi connectivity index (χ0) is 27.1. The number of methoxy groups -OCH3 is 1. The molecule has 0 aliphatic rings. The van der Waals surface area contributed by atoms with Crippen LogP contribution in [-0.2, 0) is 4.79 Å². The minimum Gasteiger partial charge on any atom is -0.493 e. The highest BCUT2D eigenvalue weighted by Crippen LogP contribution is 2.36. The number of aliphatic carboxylic acids is 1. The van der Waals surface area contributed by atoms with Crippen molar-refractivity contribution in [2.45, 2.75) is 0 Å². The molecule has 3 N–H and O–H groups in total. The van der Waals surface area contributed by atoms with Crippen molar-refractivity contribution in [1.29, 1.82) is 0 Å². The third-order valence-electron chi connectivity index (χ3n) is 5.01. The van der Waals surface area contributed by atoms with Crippen LogP contribution in [0.25, 0.3) is 11.3 Å². The molecular formula is C26H20Cl2N4O5S. The number of nitrogens with zero attached hydrogens (tertiary/aromatic N) is 2. The largest absolute Gasteiger partial charge is 0.493 e. The Bertz CT molecular complexity index is 1470. The van der Waals surface area contributed by atoms with Crippen molar-refractivity contribution in [3.8, 4) is 22.8 Å². The van der Waals surface area contributed by atoms with Gasteiger partial charge in [0.25, 0.3) is 5.91 Å². The van der Waals surface area contributed by atoms with Gasteiger partial charge in [0, 0.05) is 27.2 Å². The Hall–Kier alpha value is -4.12. The van der Waals surface area contributed by atoms with Crippen molar-refractivity contribution >= 4 is 63.4 Å². The first kappa shape index (κ1) is 26.9. The summed E-state index contributed by atoms with van der Waals surface area (Å²) in [5, 5.41) is 19.5. The molecule has 3 aromatic carbocycles. The molecule has 1 amide bonds. The summed E-state index contributed by atoms with van der Waals surface area (Å²) in [4.78, 5) is 27.9. The fourth-order valence-electron chi connectivity index (χ4n) is 3.23. The second-order valence-corrected chi connectivity index (χ2v) is 9.36. The number of carboxylic acid groups (broad SMARTS) is 1. The molecule has 0 fully saturated rings. The van der Waals surface area contributed by atoms with Crippen molar-refractivity contribution in [2.75, 3.05) is 19.0 Å². The quantitative estimate of drug-likeness (QED) is 0.155. The molecule has 0 aliphatic carbocycles. The Morgan fingerprint density at radius 3 is 2.53 bits per heavy atom. The van der Waals surface area contributed by atoms with Gasteiger partial charge in [0.05, 0.1) is 24.0 Å². The molecule has 194 valence electrons. The number of hydrogen-bond donors (Lipinski definition) is 3. The third-order valence-corrected chi connectivity index (χ3v) is 6.30. The number of benzene rings is 3. The van der Waals surface area contributed by atoms with Gasteiger partial charge >= 0.3 is 5.97 Å². The van der Waals surface area contributed by atoms with Gasteiger partial charge in [-0.25, -0.2) is 15.2 Å². The highest BCUT2D eigenvalue weighted by atomic mass is 35.5. The van der Waals surface area contributed by atoms with E-state index in [1.54, 1.807) is 42.5 Å². The molecule has 12 heteroatoms. The van der Waals surface area contributed by atoms with Crippen LogP contribution in [0.4, 0.5) is 10.8 Å². The summed E-state index contributed by atoms with van der Waals surface area (Å²) >= 11 is 13.6. The van der Waals surface area contributed by atoms with Gasteiger partial charge in [0.2, 0.25) is 0 Å². The molecule has 0 radical (unpaired) electrons. The van der Waals surface area contributed by atoms with E-state index in [1.165, 1.54) is 30.7 Å². The number of aromatic nitrogens is 1. The number of nitrogens with one attached hydrogen (secondary N) is 2. The molecule has 0 unspecified atom stereocenters. The zero-order valence-electron chi connectivity index (χ0n) is 19.8. The lowest BCUT2D eigenvalue weighted by atomic mass is 10.1. The van der Waals surface area contributed by atoms with Crippen LogP contribution in [0.1, 0.15) is 15.9 Å². The Morgan fingerprint density at radius 2 is 1.84 bits per heavy atom. The lowest BCUT2D eigenvalue weighted by molar-refractivity contribution is -0.139. The molecule has 4 rings (SSSR count). The SMILES string of the molecule is COc1cc(/C=N\NC(=O)c2ccc(-c3csc(Nc4ccc(Cl)cc4)n3)cc2)cc(Cl)c1OCC(=O)O. The number of carboxylic acids is 1. The van der Waals surface area contributed by atoms with E-state index in [4.69, 9.17) is 37.8 Å². The molecule has 0 aliphatic heterocycles. The maximum absolute atomic E-state index is 12.5. The van der Waals surface area contributed by atoms with Crippen LogP contribution < -0.4 is 20.2 Å². The lowest BCUT2D eigenvalue weighted by Gasteiger charge is -2.11. The van der Waals surface area contributed by atoms with Crippen molar-refractivity contribution in [3.63, 3.8) is 0 Å². The number of halogens is 2. The second-order valence-electron chi connectivity index (χ2n) is 7.66. The van der Waals surface area contributed by atoms with E-state index in [2.05, 4.69) is 20.8 Å². The number of anilines is 2. The number of ether oxygens (including phenoxy) is 2. The number of hydrogen-bond acceptors (Lipinski definition) is 8. The maximum Gasteiger partial charge on any atom is 0.341 e. The first-order valence-electron chi connectivity index (χ1n) is 11.0. The van der Waals surface area contributed by atoms with Crippen LogP contribution in [0.3, 0.4) is 0 Å². The highest BCUT2D eigenvalue weighted by Gasteiger charge is 2.13. The highest BCUT2D eigenvalue weighted by molar-refractivity contribution is 7.14. The van der Waals surface area contributed by atoms with E-state index in [0.29, 0.717) is 16.1 Å². The van der Waals surface area contributed by atoms with Crippen molar-refractivity contribution in [1.82, 2.24) is 10.4 Å². The number of amides is 1. The van der Waals surface area contributed by atoms with Crippen LogP contribution >= 0.6 is 34.5 Å².